The van der Waals surface area contributed by atoms with Crippen LogP contribution in [0, 0.1) is 11.2 Å². The summed E-state index contributed by atoms with van der Waals surface area (Å²) in [5.41, 5.74) is -0.468. The minimum Gasteiger partial charge on any atom is -0.481 e. The van der Waals surface area contributed by atoms with Gasteiger partial charge >= 0.3 is 11.9 Å². The Kier molecular flexibility index (Phi) is 7.25. The minimum atomic E-state index is -3.31. The molecule has 11 heteroatoms. The smallest absolute Gasteiger partial charge is 0.312 e. The van der Waals surface area contributed by atoms with Gasteiger partial charge < -0.3 is 14.2 Å². The fourth-order valence-electron chi connectivity index (χ4n) is 4.16. The summed E-state index contributed by atoms with van der Waals surface area (Å²) < 4.78 is 54.2. The minimum absolute atomic E-state index is 0.0169. The molecule has 4 rings (SSSR count). The Labute approximate surface area is 215 Å². The zero-order valence-corrected chi connectivity index (χ0v) is 21.2. The van der Waals surface area contributed by atoms with Gasteiger partial charge in [0.25, 0.3) is 0 Å². The summed E-state index contributed by atoms with van der Waals surface area (Å²) in [5.74, 6) is -6.92. The number of carbonyl (C=O) groups is 2. The van der Waals surface area contributed by atoms with Crippen molar-refractivity contribution in [3.05, 3.63) is 57.7 Å². The van der Waals surface area contributed by atoms with Crippen LogP contribution in [0.4, 0.5) is 13.2 Å². The number of hydrogen-bond acceptors (Lipinski definition) is 6. The van der Waals surface area contributed by atoms with E-state index in [4.69, 9.17) is 20.6 Å². The van der Waals surface area contributed by atoms with Gasteiger partial charge in [0.2, 0.25) is 5.76 Å². The lowest BCUT2D eigenvalue weighted by atomic mass is 9.86. The van der Waals surface area contributed by atoms with Gasteiger partial charge in [-0.1, -0.05) is 48.8 Å². The number of benzene rings is 1. The highest BCUT2D eigenvalue weighted by Crippen LogP contribution is 2.50. The van der Waals surface area contributed by atoms with Gasteiger partial charge in [-0.05, 0) is 36.5 Å². The van der Waals surface area contributed by atoms with Gasteiger partial charge in [0.1, 0.15) is 11.6 Å². The number of rotatable bonds is 10. The summed E-state index contributed by atoms with van der Waals surface area (Å²) in [6.07, 6.45) is 0.609. The topological polar surface area (TPSA) is 106 Å². The molecule has 1 aliphatic carbocycles. The van der Waals surface area contributed by atoms with E-state index < -0.39 is 47.0 Å². The molecule has 0 unspecified atom stereocenters. The molecule has 0 radical (unpaired) electrons. The fraction of sp³-hybridized carbons (Fsp3) is 0.462. The van der Waals surface area contributed by atoms with E-state index in [-0.39, 0.29) is 46.5 Å². The van der Waals surface area contributed by atoms with Crippen molar-refractivity contribution < 1.29 is 36.9 Å². The number of aromatic nitrogens is 2. The Bertz CT molecular complexity index is 1320. The normalized spacial score (nSPS) is 15.1. The van der Waals surface area contributed by atoms with E-state index >= 15 is 0 Å². The van der Waals surface area contributed by atoms with Gasteiger partial charge in [-0.25, -0.2) is 4.39 Å². The van der Waals surface area contributed by atoms with E-state index in [0.29, 0.717) is 5.56 Å². The van der Waals surface area contributed by atoms with Crippen molar-refractivity contribution in [1.29, 1.82) is 0 Å². The molecular weight excluding hydrogens is 513 g/mol. The predicted molar refractivity (Wildman–Crippen MR) is 127 cm³/mol. The van der Waals surface area contributed by atoms with Crippen LogP contribution in [0.25, 0.3) is 11.5 Å². The van der Waals surface area contributed by atoms with Crippen LogP contribution in [0.3, 0.4) is 0 Å². The summed E-state index contributed by atoms with van der Waals surface area (Å²) >= 11 is 5.77. The largest absolute Gasteiger partial charge is 0.481 e. The summed E-state index contributed by atoms with van der Waals surface area (Å²) in [7, 11) is 0. The fourth-order valence-corrected chi connectivity index (χ4v) is 4.31. The molecule has 2 aromatic heterocycles. The van der Waals surface area contributed by atoms with E-state index in [9.17, 15) is 27.9 Å². The maximum Gasteiger partial charge on any atom is 0.312 e. The molecule has 0 aliphatic heterocycles. The molecule has 7 nitrogen and oxygen atoms in total. The number of carboxylic acid groups (broad SMARTS) is 1. The monoisotopic (exact) mass is 538 g/mol. The van der Waals surface area contributed by atoms with Crippen molar-refractivity contribution in [3.8, 4) is 11.5 Å². The van der Waals surface area contributed by atoms with Gasteiger partial charge in [0.15, 0.2) is 11.5 Å². The Morgan fingerprint density at radius 1 is 1.14 bits per heavy atom. The zero-order chi connectivity index (χ0) is 27.1. The summed E-state index contributed by atoms with van der Waals surface area (Å²) in [6, 6.07) is 5.07. The number of halogens is 4. The lowest BCUT2D eigenvalue weighted by molar-refractivity contribution is -0.137. The summed E-state index contributed by atoms with van der Waals surface area (Å²) in [4.78, 5) is 24.5. The molecule has 1 N–H and O–H groups in total. The van der Waals surface area contributed by atoms with Gasteiger partial charge in [0, 0.05) is 40.8 Å². The first kappa shape index (κ1) is 26.9. The Morgan fingerprint density at radius 2 is 1.84 bits per heavy atom. The van der Waals surface area contributed by atoms with Crippen LogP contribution < -0.4 is 0 Å². The highest BCUT2D eigenvalue weighted by atomic mass is 35.5. The number of hydrogen-bond donors (Lipinski definition) is 1. The van der Waals surface area contributed by atoms with Gasteiger partial charge in [-0.15, -0.1) is 0 Å². The SMILES string of the molecule is CC(C)(C)C(F)(F)c1cc(-c2onc([C@@H](CC(=O)O)CC(=O)Cc3ccc(Cl)cc3F)c2C2CC2)no1. The van der Waals surface area contributed by atoms with Gasteiger partial charge in [0.05, 0.1) is 12.1 Å². The molecule has 1 aromatic carbocycles. The first-order valence-electron chi connectivity index (χ1n) is 11.8. The van der Waals surface area contributed by atoms with Crippen LogP contribution >= 0.6 is 11.6 Å². The maximum atomic E-state index is 14.8. The van der Waals surface area contributed by atoms with Gasteiger partial charge in [-0.3, -0.25) is 9.59 Å². The van der Waals surface area contributed by atoms with Crippen LogP contribution in [0.2, 0.25) is 5.02 Å². The number of carboxylic acids is 1. The van der Waals surface area contributed by atoms with Crippen molar-refractivity contribution in [2.24, 2.45) is 5.41 Å². The summed E-state index contributed by atoms with van der Waals surface area (Å²) in [5, 5.41) is 17.5. The highest BCUT2D eigenvalue weighted by Gasteiger charge is 2.49. The highest BCUT2D eigenvalue weighted by molar-refractivity contribution is 6.30. The Hall–Kier alpha value is -3.14. The van der Waals surface area contributed by atoms with E-state index in [0.717, 1.165) is 25.0 Å². The molecule has 1 fully saturated rings. The third-order valence-electron chi connectivity index (χ3n) is 6.42. The van der Waals surface area contributed by atoms with Crippen molar-refractivity contribution in [1.82, 2.24) is 10.3 Å². The second kappa shape index (κ2) is 9.96. The van der Waals surface area contributed by atoms with E-state index in [1.165, 1.54) is 32.9 Å². The lowest BCUT2D eigenvalue weighted by Gasteiger charge is -2.27. The number of ketones is 1. The molecular formula is C26H26ClF3N2O5. The molecule has 198 valence electrons. The molecule has 1 saturated carbocycles. The second-order valence-electron chi connectivity index (χ2n) is 10.4. The third kappa shape index (κ3) is 5.74. The average Bonchev–Trinajstić information content (AvgIpc) is 3.32. The predicted octanol–water partition coefficient (Wildman–Crippen LogP) is 6.90. The zero-order valence-electron chi connectivity index (χ0n) is 20.5. The van der Waals surface area contributed by atoms with Crippen molar-refractivity contribution >= 4 is 23.4 Å². The molecule has 3 aromatic rings. The number of alkyl halides is 2. The first-order valence-corrected chi connectivity index (χ1v) is 12.2. The lowest BCUT2D eigenvalue weighted by Crippen LogP contribution is -2.30. The molecule has 0 amide bonds. The van der Waals surface area contributed by atoms with E-state index in [1.807, 2.05) is 0 Å². The first-order chi connectivity index (χ1) is 17.3. The van der Waals surface area contributed by atoms with Crippen LogP contribution in [0.5, 0.6) is 0 Å². The Balaban J connectivity index is 1.64. The number of aliphatic carboxylic acids is 1. The molecule has 0 bridgehead atoms. The number of Topliss-reactive ketones (excluding diaryl/α,β-unsaturated/α-hetero) is 1. The molecule has 0 saturated heterocycles. The third-order valence-corrected chi connectivity index (χ3v) is 6.66. The quantitative estimate of drug-likeness (QED) is 0.299. The van der Waals surface area contributed by atoms with Crippen LogP contribution in [0.15, 0.2) is 33.3 Å². The van der Waals surface area contributed by atoms with E-state index in [2.05, 4.69) is 10.3 Å². The van der Waals surface area contributed by atoms with Crippen LogP contribution in [-0.2, 0) is 21.9 Å². The number of nitrogens with zero attached hydrogens (tertiary/aromatic N) is 2. The van der Waals surface area contributed by atoms with E-state index in [1.54, 1.807) is 0 Å². The van der Waals surface area contributed by atoms with Crippen LogP contribution in [-0.4, -0.2) is 27.2 Å². The second-order valence-corrected chi connectivity index (χ2v) is 10.9. The van der Waals surface area contributed by atoms with Crippen LogP contribution in [0.1, 0.15) is 80.9 Å². The van der Waals surface area contributed by atoms with Crippen molar-refractivity contribution in [3.63, 3.8) is 0 Å². The van der Waals surface area contributed by atoms with Crippen molar-refractivity contribution in [2.75, 3.05) is 0 Å². The molecule has 37 heavy (non-hydrogen) atoms. The van der Waals surface area contributed by atoms with Crippen molar-refractivity contribution in [2.45, 2.75) is 70.6 Å². The number of carbonyl (C=O) groups excluding carboxylic acids is 1. The maximum absolute atomic E-state index is 14.8. The molecule has 2 heterocycles. The van der Waals surface area contributed by atoms with Gasteiger partial charge in [-0.2, -0.15) is 8.78 Å². The molecule has 1 atom stereocenters. The standard InChI is InChI=1S/C26H26ClF3N2O5/c1-25(2,3)26(29,30)20-12-19(31-36-20)24-22(13-4-5-13)23(32-37-24)15(10-21(34)35)9-17(33)8-14-6-7-16(27)11-18(14)28/h6-7,11-13,15H,4-5,8-10H2,1-3H3,(H,34,35)/t15-/m1/s1. The Morgan fingerprint density at radius 3 is 2.43 bits per heavy atom. The molecule has 1 aliphatic rings. The summed E-state index contributed by atoms with van der Waals surface area (Å²) in [6.45, 7) is 4.13. The average molecular weight is 539 g/mol. The molecule has 0 spiro atoms.